The van der Waals surface area contributed by atoms with E-state index in [0.29, 0.717) is 0 Å². The van der Waals surface area contributed by atoms with Gasteiger partial charge in [0.15, 0.2) is 0 Å². The van der Waals surface area contributed by atoms with E-state index >= 15 is 0 Å². The lowest BCUT2D eigenvalue weighted by atomic mass is 9.70. The van der Waals surface area contributed by atoms with Gasteiger partial charge in [0.2, 0.25) is 0 Å². The van der Waals surface area contributed by atoms with Gasteiger partial charge in [0.1, 0.15) is 0 Å². The summed E-state index contributed by atoms with van der Waals surface area (Å²) in [5.74, 6) is 0. The molecule has 0 aliphatic heterocycles. The molecule has 2 aromatic heterocycles. The Bertz CT molecular complexity index is 4620. The molecule has 14 aromatic rings. The first-order valence-corrected chi connectivity index (χ1v) is 25.7. The van der Waals surface area contributed by atoms with E-state index in [0.717, 1.165) is 34.0 Å². The van der Waals surface area contributed by atoms with Gasteiger partial charge < -0.3 is 14.0 Å². The predicted octanol–water partition coefficient (Wildman–Crippen LogP) is 18.5. The number of hydrogen-bond acceptors (Lipinski definition) is 1. The highest BCUT2D eigenvalue weighted by atomic mass is 15.2. The Kier molecular flexibility index (Phi) is 8.66. The van der Waals surface area contributed by atoms with Crippen molar-refractivity contribution in [2.24, 2.45) is 0 Å². The smallest absolute Gasteiger partial charge is 0.0726 e. The molecule has 12 aromatic carbocycles. The van der Waals surface area contributed by atoms with Crippen LogP contribution in [0.3, 0.4) is 0 Å². The van der Waals surface area contributed by atoms with Crippen LogP contribution in [-0.2, 0) is 5.41 Å². The molecule has 0 saturated heterocycles. The predicted molar refractivity (Wildman–Crippen MR) is 309 cm³/mol. The third kappa shape index (κ3) is 5.61. The second-order valence-electron chi connectivity index (χ2n) is 19.9. The Labute approximate surface area is 428 Å². The topological polar surface area (TPSA) is 13.1 Å². The van der Waals surface area contributed by atoms with E-state index in [1.807, 2.05) is 0 Å². The van der Waals surface area contributed by atoms with E-state index in [2.05, 4.69) is 287 Å². The fourth-order valence-electron chi connectivity index (χ4n) is 13.3. The molecule has 0 amide bonds. The minimum Gasteiger partial charge on any atom is -0.309 e. The molecule has 3 heteroatoms. The minimum atomic E-state index is -0.559. The lowest BCUT2D eigenvalue weighted by Gasteiger charge is -2.32. The monoisotopic (exact) mass is 939 g/mol. The van der Waals surface area contributed by atoms with E-state index in [4.69, 9.17) is 0 Å². The van der Waals surface area contributed by atoms with Crippen LogP contribution < -0.4 is 4.90 Å². The van der Waals surface area contributed by atoms with Gasteiger partial charge in [0.05, 0.1) is 38.9 Å². The summed E-state index contributed by atoms with van der Waals surface area (Å²) >= 11 is 0. The standard InChI is InChI=1S/C71H45N3/c1-3-19-46(20-4-1)49-38-41-54-53-25-9-13-29-59(53)71(62(54)44-49)60-30-14-10-27-56(60)69-61(71)31-17-34-66(69)74(68-36-18-35-67-70(68)57-28-12-16-33-64(57)72(67)50-23-5-2-6-24-50)52-40-42-65-58(45-52)55-26-11-15-32-63(55)73(65)51-39-37-47-21-7-8-22-48(47)43-51/h1-45H. The molecule has 0 fully saturated rings. The highest BCUT2D eigenvalue weighted by Crippen LogP contribution is 2.65. The average molecular weight is 940 g/mol. The van der Waals surface area contributed by atoms with Crippen molar-refractivity contribution in [3.05, 3.63) is 295 Å². The number of rotatable bonds is 6. The molecule has 344 valence electrons. The summed E-state index contributed by atoms with van der Waals surface area (Å²) in [5.41, 5.74) is 22.5. The van der Waals surface area contributed by atoms with Crippen LogP contribution in [0.5, 0.6) is 0 Å². The molecule has 0 radical (unpaired) electrons. The van der Waals surface area contributed by atoms with Crippen molar-refractivity contribution < 1.29 is 0 Å². The number of nitrogens with zero attached hydrogens (tertiary/aromatic N) is 3. The molecule has 0 saturated carbocycles. The number of hydrogen-bond donors (Lipinski definition) is 0. The van der Waals surface area contributed by atoms with Gasteiger partial charge in [-0.05, 0) is 140 Å². The second kappa shape index (κ2) is 15.6. The Morgan fingerprint density at radius 2 is 0.892 bits per heavy atom. The van der Waals surface area contributed by atoms with Gasteiger partial charge in [0, 0.05) is 44.2 Å². The third-order valence-electron chi connectivity index (χ3n) is 16.3. The van der Waals surface area contributed by atoms with E-state index in [1.165, 1.54) is 105 Å². The minimum absolute atomic E-state index is 0.559. The summed E-state index contributed by atoms with van der Waals surface area (Å²) in [5, 5.41) is 7.28. The van der Waals surface area contributed by atoms with Crippen molar-refractivity contribution in [2.45, 2.75) is 5.41 Å². The molecule has 2 aliphatic carbocycles. The Morgan fingerprint density at radius 1 is 0.297 bits per heavy atom. The molecule has 0 N–H and O–H groups in total. The molecular formula is C71H45N3. The SMILES string of the molecule is c1ccc(-c2ccc3c(c2)C2(c4ccccc4-3)c3ccccc3-c3c(N(c4ccc5c(c4)c4ccccc4n5-c4ccc5ccccc5c4)c4cccc5c4c4ccccc4n5-c4ccccc4)cccc32)cc1. The van der Waals surface area contributed by atoms with Crippen molar-refractivity contribution in [1.82, 2.24) is 9.13 Å². The number of aromatic nitrogens is 2. The average Bonchev–Trinajstić information content (AvgIpc) is 4.20. The maximum Gasteiger partial charge on any atom is 0.0726 e. The summed E-state index contributed by atoms with van der Waals surface area (Å²) in [6.07, 6.45) is 0. The molecule has 16 rings (SSSR count). The van der Waals surface area contributed by atoms with Crippen LogP contribution in [0.4, 0.5) is 17.1 Å². The molecule has 3 nitrogen and oxygen atoms in total. The zero-order chi connectivity index (χ0) is 48.5. The summed E-state index contributed by atoms with van der Waals surface area (Å²) in [6, 6.07) is 102. The first-order valence-electron chi connectivity index (χ1n) is 25.7. The number of benzene rings is 12. The highest BCUT2D eigenvalue weighted by Gasteiger charge is 2.52. The van der Waals surface area contributed by atoms with Gasteiger partial charge >= 0.3 is 0 Å². The molecule has 1 atom stereocenters. The van der Waals surface area contributed by atoms with Crippen LogP contribution >= 0.6 is 0 Å². The largest absolute Gasteiger partial charge is 0.309 e. The third-order valence-corrected chi connectivity index (χ3v) is 16.3. The quantitative estimate of drug-likeness (QED) is 0.162. The number of para-hydroxylation sites is 3. The molecule has 1 spiro atoms. The van der Waals surface area contributed by atoms with Crippen LogP contribution in [0.2, 0.25) is 0 Å². The lowest BCUT2D eigenvalue weighted by molar-refractivity contribution is 0.794. The Balaban J connectivity index is 1.01. The molecule has 2 heterocycles. The first kappa shape index (κ1) is 41.0. The van der Waals surface area contributed by atoms with Crippen molar-refractivity contribution in [3.63, 3.8) is 0 Å². The van der Waals surface area contributed by atoms with Gasteiger partial charge in [-0.25, -0.2) is 0 Å². The van der Waals surface area contributed by atoms with Gasteiger partial charge in [-0.2, -0.15) is 0 Å². The molecular weight excluding hydrogens is 895 g/mol. The first-order chi connectivity index (χ1) is 36.7. The molecule has 2 aliphatic rings. The summed E-state index contributed by atoms with van der Waals surface area (Å²) < 4.78 is 4.88. The van der Waals surface area contributed by atoms with Crippen molar-refractivity contribution in [2.75, 3.05) is 4.90 Å². The van der Waals surface area contributed by atoms with E-state index < -0.39 is 5.41 Å². The van der Waals surface area contributed by atoms with Crippen molar-refractivity contribution in [3.8, 4) is 44.8 Å². The van der Waals surface area contributed by atoms with Gasteiger partial charge in [-0.1, -0.05) is 194 Å². The summed E-state index contributed by atoms with van der Waals surface area (Å²) in [4.78, 5) is 2.59. The van der Waals surface area contributed by atoms with Gasteiger partial charge in [-0.3, -0.25) is 0 Å². The maximum absolute atomic E-state index is 2.59. The zero-order valence-electron chi connectivity index (χ0n) is 40.3. The summed E-state index contributed by atoms with van der Waals surface area (Å²) in [7, 11) is 0. The molecule has 1 unspecified atom stereocenters. The normalized spacial score (nSPS) is 14.3. The van der Waals surface area contributed by atoms with Crippen LogP contribution in [0, 0.1) is 0 Å². The van der Waals surface area contributed by atoms with E-state index in [-0.39, 0.29) is 0 Å². The fraction of sp³-hybridized carbons (Fsp3) is 0.0141. The maximum atomic E-state index is 2.59. The number of anilines is 3. The summed E-state index contributed by atoms with van der Waals surface area (Å²) in [6.45, 7) is 0. The van der Waals surface area contributed by atoms with Gasteiger partial charge in [0.25, 0.3) is 0 Å². The Morgan fingerprint density at radius 3 is 1.73 bits per heavy atom. The van der Waals surface area contributed by atoms with Crippen molar-refractivity contribution in [1.29, 1.82) is 0 Å². The zero-order valence-corrected chi connectivity index (χ0v) is 40.3. The van der Waals surface area contributed by atoms with Crippen molar-refractivity contribution >= 4 is 71.4 Å². The van der Waals surface area contributed by atoms with E-state index in [9.17, 15) is 0 Å². The highest BCUT2D eigenvalue weighted by molar-refractivity contribution is 6.18. The van der Waals surface area contributed by atoms with Gasteiger partial charge in [-0.15, -0.1) is 0 Å². The number of fused-ring (bicyclic) bond motifs is 17. The van der Waals surface area contributed by atoms with Crippen LogP contribution in [0.25, 0.3) is 99.1 Å². The second-order valence-corrected chi connectivity index (χ2v) is 19.9. The molecule has 0 bridgehead atoms. The fourth-order valence-corrected chi connectivity index (χ4v) is 13.3. The molecule has 74 heavy (non-hydrogen) atoms. The van der Waals surface area contributed by atoms with Crippen LogP contribution in [0.15, 0.2) is 273 Å². The van der Waals surface area contributed by atoms with Crippen LogP contribution in [-0.4, -0.2) is 9.13 Å². The Hall–Kier alpha value is -9.70. The lowest BCUT2D eigenvalue weighted by Crippen LogP contribution is -2.26. The van der Waals surface area contributed by atoms with Crippen LogP contribution in [0.1, 0.15) is 22.3 Å². The van der Waals surface area contributed by atoms with E-state index in [1.54, 1.807) is 0 Å².